The third-order valence-electron chi connectivity index (χ3n) is 8.33. The summed E-state index contributed by atoms with van der Waals surface area (Å²) < 4.78 is 29.6. The molecule has 0 saturated heterocycles. The van der Waals surface area contributed by atoms with Crippen molar-refractivity contribution in [3.05, 3.63) is 130 Å². The Morgan fingerprint density at radius 3 is 2.11 bits per heavy atom. The van der Waals surface area contributed by atoms with Gasteiger partial charge in [-0.15, -0.1) is 0 Å². The molecular formula is C37H42ClN3O4S. The lowest BCUT2D eigenvalue weighted by Crippen LogP contribution is -2.54. The number of halogens is 1. The number of aryl methyl sites for hydroxylation is 3. The molecule has 0 radical (unpaired) electrons. The molecule has 242 valence electrons. The third kappa shape index (κ3) is 8.56. The molecule has 2 amide bonds. The summed E-state index contributed by atoms with van der Waals surface area (Å²) in [6, 6.07) is 27.4. The molecular weight excluding hydrogens is 618 g/mol. The monoisotopic (exact) mass is 659 g/mol. The van der Waals surface area contributed by atoms with Crippen LogP contribution in [0, 0.1) is 20.8 Å². The number of carbonyl (C=O) groups excluding carboxylic acids is 2. The number of benzene rings is 4. The Morgan fingerprint density at radius 1 is 0.826 bits per heavy atom. The van der Waals surface area contributed by atoms with Gasteiger partial charge in [-0.3, -0.25) is 13.9 Å². The van der Waals surface area contributed by atoms with Crippen molar-refractivity contribution in [2.24, 2.45) is 0 Å². The highest BCUT2D eigenvalue weighted by Crippen LogP contribution is 2.28. The highest BCUT2D eigenvalue weighted by molar-refractivity contribution is 7.92. The summed E-state index contributed by atoms with van der Waals surface area (Å²) in [5, 5.41) is 3.47. The maximum Gasteiger partial charge on any atom is 0.264 e. The minimum atomic E-state index is -4.21. The van der Waals surface area contributed by atoms with Crippen LogP contribution >= 0.6 is 11.6 Å². The van der Waals surface area contributed by atoms with Crippen molar-refractivity contribution in [3.63, 3.8) is 0 Å². The van der Waals surface area contributed by atoms with Gasteiger partial charge in [-0.2, -0.15) is 0 Å². The van der Waals surface area contributed by atoms with Gasteiger partial charge in [-0.25, -0.2) is 8.42 Å². The molecule has 9 heteroatoms. The number of hydrogen-bond acceptors (Lipinski definition) is 4. The van der Waals surface area contributed by atoms with Crippen LogP contribution in [0.3, 0.4) is 0 Å². The van der Waals surface area contributed by atoms with Gasteiger partial charge in [0.05, 0.1) is 10.6 Å². The van der Waals surface area contributed by atoms with E-state index in [1.54, 1.807) is 12.1 Å². The molecule has 0 aliphatic heterocycles. The van der Waals surface area contributed by atoms with Gasteiger partial charge >= 0.3 is 0 Å². The standard InChI is InChI=1S/C37H42ClN3O4S/c1-6-29(5)39-37(43)35(23-30-13-8-7-9-14-30)40(24-31-15-11-10-12-27(31)3)36(42)25-41(33-19-16-26(2)28(4)22-33)46(44,45)34-20-17-32(38)18-21-34/h7-22,29,35H,6,23-25H2,1-5H3,(H,39,43)/t29-,35+/m0/s1. The quantitative estimate of drug-likeness (QED) is 0.167. The van der Waals surface area contributed by atoms with E-state index in [0.717, 1.165) is 38.5 Å². The van der Waals surface area contributed by atoms with Gasteiger partial charge in [0.2, 0.25) is 11.8 Å². The van der Waals surface area contributed by atoms with Crippen molar-refractivity contribution in [3.8, 4) is 0 Å². The van der Waals surface area contributed by atoms with Crippen LogP contribution in [0.15, 0.2) is 102 Å². The third-order valence-corrected chi connectivity index (χ3v) is 10.4. The summed E-state index contributed by atoms with van der Waals surface area (Å²) in [7, 11) is -4.21. The summed E-state index contributed by atoms with van der Waals surface area (Å²) in [5.74, 6) is -0.794. The lowest BCUT2D eigenvalue weighted by Gasteiger charge is -2.34. The smallest absolute Gasteiger partial charge is 0.264 e. The van der Waals surface area contributed by atoms with Crippen LogP contribution in [0.5, 0.6) is 0 Å². The largest absolute Gasteiger partial charge is 0.352 e. The lowest BCUT2D eigenvalue weighted by molar-refractivity contribution is -0.140. The topological polar surface area (TPSA) is 86.8 Å². The number of rotatable bonds is 13. The summed E-state index contributed by atoms with van der Waals surface area (Å²) in [4.78, 5) is 30.1. The fourth-order valence-corrected chi connectivity index (χ4v) is 6.64. The number of amides is 2. The van der Waals surface area contributed by atoms with Crippen LogP contribution in [-0.4, -0.2) is 43.8 Å². The SMILES string of the molecule is CC[C@H](C)NC(=O)[C@@H](Cc1ccccc1)N(Cc1ccccc1C)C(=O)CN(c1ccc(C)c(C)c1)S(=O)(=O)c1ccc(Cl)cc1. The van der Waals surface area contributed by atoms with E-state index in [1.807, 2.05) is 95.3 Å². The van der Waals surface area contributed by atoms with Gasteiger partial charge in [-0.05, 0) is 98.3 Å². The normalized spacial score (nSPS) is 12.7. The van der Waals surface area contributed by atoms with E-state index in [9.17, 15) is 18.0 Å². The molecule has 4 aromatic rings. The Bertz CT molecular complexity index is 1760. The molecule has 0 fully saturated rings. The van der Waals surface area contributed by atoms with E-state index in [4.69, 9.17) is 11.6 Å². The molecule has 0 bridgehead atoms. The van der Waals surface area contributed by atoms with Crippen LogP contribution in [0.1, 0.15) is 48.1 Å². The predicted molar refractivity (Wildman–Crippen MR) is 185 cm³/mol. The van der Waals surface area contributed by atoms with Crippen molar-refractivity contribution in [1.82, 2.24) is 10.2 Å². The first-order valence-electron chi connectivity index (χ1n) is 15.4. The number of nitrogens with one attached hydrogen (secondary N) is 1. The highest BCUT2D eigenvalue weighted by atomic mass is 35.5. The summed E-state index contributed by atoms with van der Waals surface area (Å²) >= 11 is 6.08. The van der Waals surface area contributed by atoms with Crippen molar-refractivity contribution < 1.29 is 18.0 Å². The van der Waals surface area contributed by atoms with Gasteiger partial charge in [-0.1, -0.05) is 79.2 Å². The molecule has 0 heterocycles. The predicted octanol–water partition coefficient (Wildman–Crippen LogP) is 7.02. The Hall–Kier alpha value is -4.14. The van der Waals surface area contributed by atoms with Crippen LogP contribution in [0.25, 0.3) is 0 Å². The number of sulfonamides is 1. The zero-order chi connectivity index (χ0) is 33.4. The van der Waals surface area contributed by atoms with E-state index in [0.29, 0.717) is 10.7 Å². The molecule has 0 aliphatic rings. The fourth-order valence-electron chi connectivity index (χ4n) is 5.11. The lowest BCUT2D eigenvalue weighted by atomic mass is 10.0. The summed E-state index contributed by atoms with van der Waals surface area (Å²) in [6.45, 7) is 9.31. The Labute approximate surface area is 278 Å². The molecule has 46 heavy (non-hydrogen) atoms. The van der Waals surface area contributed by atoms with Gasteiger partial charge in [0.15, 0.2) is 0 Å². The minimum absolute atomic E-state index is 0.00345. The average Bonchev–Trinajstić information content (AvgIpc) is 3.04. The number of nitrogens with zero attached hydrogens (tertiary/aromatic N) is 2. The molecule has 0 aliphatic carbocycles. The number of hydrogen-bond donors (Lipinski definition) is 1. The molecule has 0 spiro atoms. The zero-order valence-electron chi connectivity index (χ0n) is 27.0. The maximum atomic E-state index is 14.6. The van der Waals surface area contributed by atoms with Crippen LogP contribution < -0.4 is 9.62 Å². The van der Waals surface area contributed by atoms with Gasteiger partial charge in [0.1, 0.15) is 12.6 Å². The van der Waals surface area contributed by atoms with Crippen LogP contribution in [-0.2, 0) is 32.6 Å². The highest BCUT2D eigenvalue weighted by Gasteiger charge is 2.35. The molecule has 4 rings (SSSR count). The Balaban J connectivity index is 1.83. The second-order valence-corrected chi connectivity index (χ2v) is 14.0. The number of anilines is 1. The van der Waals surface area contributed by atoms with Crippen molar-refractivity contribution in [2.75, 3.05) is 10.8 Å². The van der Waals surface area contributed by atoms with E-state index in [2.05, 4.69) is 5.32 Å². The Kier molecular flexibility index (Phi) is 11.7. The van der Waals surface area contributed by atoms with Crippen molar-refractivity contribution in [2.45, 2.75) is 71.0 Å². The molecule has 0 unspecified atom stereocenters. The van der Waals surface area contributed by atoms with Crippen molar-refractivity contribution in [1.29, 1.82) is 0 Å². The van der Waals surface area contributed by atoms with Gasteiger partial charge in [0.25, 0.3) is 10.0 Å². The van der Waals surface area contributed by atoms with Crippen LogP contribution in [0.4, 0.5) is 5.69 Å². The summed E-state index contributed by atoms with van der Waals surface area (Å²) in [5.41, 5.74) is 4.93. The van der Waals surface area contributed by atoms with Crippen LogP contribution in [0.2, 0.25) is 5.02 Å². The van der Waals surface area contributed by atoms with E-state index >= 15 is 0 Å². The summed E-state index contributed by atoms with van der Waals surface area (Å²) in [6.07, 6.45) is 0.976. The zero-order valence-corrected chi connectivity index (χ0v) is 28.6. The Morgan fingerprint density at radius 2 is 1.48 bits per heavy atom. The van der Waals surface area contributed by atoms with E-state index in [-0.39, 0.29) is 29.8 Å². The molecule has 2 atom stereocenters. The first-order chi connectivity index (χ1) is 21.9. The molecule has 1 N–H and O–H groups in total. The first-order valence-corrected chi connectivity index (χ1v) is 17.3. The van der Waals surface area contributed by atoms with Gasteiger partial charge in [0, 0.05) is 24.0 Å². The van der Waals surface area contributed by atoms with E-state index < -0.39 is 28.5 Å². The molecule has 0 aromatic heterocycles. The second-order valence-electron chi connectivity index (χ2n) is 11.7. The maximum absolute atomic E-state index is 14.6. The minimum Gasteiger partial charge on any atom is -0.352 e. The van der Waals surface area contributed by atoms with Gasteiger partial charge < -0.3 is 10.2 Å². The first kappa shape index (κ1) is 34.7. The average molecular weight is 660 g/mol. The molecule has 0 saturated carbocycles. The molecule has 7 nitrogen and oxygen atoms in total. The fraction of sp³-hybridized carbons (Fsp3) is 0.297. The second kappa shape index (κ2) is 15.4. The van der Waals surface area contributed by atoms with E-state index in [1.165, 1.54) is 29.2 Å². The number of carbonyl (C=O) groups is 2. The van der Waals surface area contributed by atoms with Crippen molar-refractivity contribution >= 4 is 39.1 Å². The molecule has 4 aromatic carbocycles.